The van der Waals surface area contributed by atoms with E-state index in [1.807, 2.05) is 6.92 Å². The summed E-state index contributed by atoms with van der Waals surface area (Å²) in [5.41, 5.74) is 3.76. The normalized spacial score (nSPS) is 12.5. The summed E-state index contributed by atoms with van der Waals surface area (Å²) in [5, 5.41) is 0.679. The molecule has 0 radical (unpaired) electrons. The molecule has 0 saturated carbocycles. The number of nitrogens with zero attached hydrogens (tertiary/aromatic N) is 2. The van der Waals surface area contributed by atoms with E-state index in [9.17, 15) is 13.2 Å². The number of aromatic nitrogens is 2. The number of aryl methyl sites for hydroxylation is 2. The van der Waals surface area contributed by atoms with E-state index in [1.165, 1.54) is 19.2 Å². The Bertz CT molecular complexity index is 1530. The molecule has 7 nitrogen and oxygen atoms in total. The highest BCUT2D eigenvalue weighted by Gasteiger charge is 2.35. The average Bonchev–Trinajstić information content (AvgIpc) is 3.06. The van der Waals surface area contributed by atoms with Gasteiger partial charge in [-0.25, -0.2) is 4.98 Å². The Morgan fingerprint density at radius 3 is 2.38 bits per heavy atom. The predicted octanol–water partition coefficient (Wildman–Crippen LogP) is 4.23. The van der Waals surface area contributed by atoms with Gasteiger partial charge in [-0.2, -0.15) is 8.42 Å². The fourth-order valence-corrected chi connectivity index (χ4v) is 4.73. The number of carbonyl (C=O) groups is 1. The molecular formula is C24H18N2O5S. The van der Waals surface area contributed by atoms with Crippen LogP contribution in [-0.2, 0) is 10.1 Å². The largest absolute Gasteiger partial charge is 0.497 e. The van der Waals surface area contributed by atoms with Crippen molar-refractivity contribution in [1.29, 1.82) is 0 Å². The van der Waals surface area contributed by atoms with Crippen LogP contribution in [0.3, 0.4) is 0 Å². The molecule has 0 fully saturated rings. The number of benzene rings is 2. The van der Waals surface area contributed by atoms with Gasteiger partial charge in [-0.15, -0.1) is 0 Å². The first-order chi connectivity index (χ1) is 15.3. The number of hydrogen-bond donors (Lipinski definition) is 0. The summed E-state index contributed by atoms with van der Waals surface area (Å²) in [6.07, 6.45) is 1.62. The molecule has 2 heterocycles. The van der Waals surface area contributed by atoms with Crippen LogP contribution in [0, 0.1) is 13.8 Å². The van der Waals surface area contributed by atoms with Gasteiger partial charge in [0.15, 0.2) is 5.78 Å². The van der Waals surface area contributed by atoms with E-state index >= 15 is 0 Å². The molecule has 5 rings (SSSR count). The van der Waals surface area contributed by atoms with Gasteiger partial charge in [0.2, 0.25) is 5.88 Å². The molecule has 2 aromatic heterocycles. The number of pyridine rings is 2. The van der Waals surface area contributed by atoms with Gasteiger partial charge < -0.3 is 8.92 Å². The summed E-state index contributed by atoms with van der Waals surface area (Å²) in [7, 11) is -2.69. The highest BCUT2D eigenvalue weighted by Crippen LogP contribution is 2.45. The van der Waals surface area contributed by atoms with Gasteiger partial charge in [0.1, 0.15) is 10.6 Å². The van der Waals surface area contributed by atoms with Crippen LogP contribution in [0.2, 0.25) is 0 Å². The molecule has 2 aromatic carbocycles. The molecular weight excluding hydrogens is 428 g/mol. The molecule has 4 aromatic rings. The fourth-order valence-electron chi connectivity index (χ4n) is 3.84. The lowest BCUT2D eigenvalue weighted by Gasteiger charge is -2.13. The van der Waals surface area contributed by atoms with Gasteiger partial charge in [0.25, 0.3) is 0 Å². The Labute approximate surface area is 184 Å². The zero-order valence-corrected chi connectivity index (χ0v) is 18.4. The van der Waals surface area contributed by atoms with Crippen LogP contribution in [0.4, 0.5) is 0 Å². The highest BCUT2D eigenvalue weighted by atomic mass is 32.2. The molecule has 0 N–H and O–H groups in total. The first-order valence-corrected chi connectivity index (χ1v) is 11.2. The Hall–Kier alpha value is -3.78. The SMILES string of the molecule is COc1ccc2c3c(c(OS(=O)(=O)c4ccc(C)cc4)nc2c1)C(=O)c1cc(C)ncc1-3. The average molecular weight is 446 g/mol. The van der Waals surface area contributed by atoms with E-state index in [4.69, 9.17) is 8.92 Å². The summed E-state index contributed by atoms with van der Waals surface area (Å²) < 4.78 is 36.7. The standard InChI is InChI=1S/C24H18N2O5S/c1-13-4-7-16(8-5-13)32(28,29)31-24-22-21(17-9-6-15(30-3)11-20(17)26-24)19-12-25-14(2)10-18(19)23(22)27/h4-12H,1-3H3. The first-order valence-electron chi connectivity index (χ1n) is 9.83. The minimum absolute atomic E-state index is 0.0233. The van der Waals surface area contributed by atoms with Crippen LogP contribution in [0.1, 0.15) is 27.2 Å². The lowest BCUT2D eigenvalue weighted by Crippen LogP contribution is -2.13. The first kappa shape index (κ1) is 20.1. The quantitative estimate of drug-likeness (QED) is 0.381. The lowest BCUT2D eigenvalue weighted by molar-refractivity contribution is 0.104. The number of rotatable bonds is 4. The van der Waals surface area contributed by atoms with Crippen molar-refractivity contribution in [1.82, 2.24) is 9.97 Å². The van der Waals surface area contributed by atoms with E-state index in [2.05, 4.69) is 9.97 Å². The molecule has 0 amide bonds. The van der Waals surface area contributed by atoms with E-state index in [-0.39, 0.29) is 22.1 Å². The van der Waals surface area contributed by atoms with Gasteiger partial charge in [0, 0.05) is 40.0 Å². The molecule has 0 saturated heterocycles. The molecule has 0 unspecified atom stereocenters. The molecule has 32 heavy (non-hydrogen) atoms. The Morgan fingerprint density at radius 1 is 0.906 bits per heavy atom. The second-order valence-corrected chi connectivity index (χ2v) is 9.15. The van der Waals surface area contributed by atoms with E-state index in [0.29, 0.717) is 39.0 Å². The zero-order valence-electron chi connectivity index (χ0n) is 17.5. The number of methoxy groups -OCH3 is 1. The number of carbonyl (C=O) groups excluding carboxylic acids is 1. The van der Waals surface area contributed by atoms with Crippen molar-refractivity contribution in [3.63, 3.8) is 0 Å². The maximum Gasteiger partial charge on any atom is 0.340 e. The lowest BCUT2D eigenvalue weighted by atomic mass is 10.0. The fraction of sp³-hybridized carbons (Fsp3) is 0.125. The van der Waals surface area contributed by atoms with Crippen molar-refractivity contribution in [2.75, 3.05) is 7.11 Å². The molecule has 8 heteroatoms. The second-order valence-electron chi connectivity index (χ2n) is 7.60. The van der Waals surface area contributed by atoms with Crippen LogP contribution < -0.4 is 8.92 Å². The maximum absolute atomic E-state index is 13.3. The van der Waals surface area contributed by atoms with E-state index < -0.39 is 10.1 Å². The summed E-state index contributed by atoms with van der Waals surface area (Å²) in [4.78, 5) is 22.0. The van der Waals surface area contributed by atoms with Crippen LogP contribution in [0.25, 0.3) is 22.0 Å². The monoisotopic (exact) mass is 446 g/mol. The van der Waals surface area contributed by atoms with Crippen molar-refractivity contribution in [3.8, 4) is 22.8 Å². The predicted molar refractivity (Wildman–Crippen MR) is 119 cm³/mol. The van der Waals surface area contributed by atoms with Crippen LogP contribution in [0.5, 0.6) is 11.6 Å². The number of ether oxygens (including phenoxy) is 1. The van der Waals surface area contributed by atoms with E-state index in [1.54, 1.807) is 49.5 Å². The van der Waals surface area contributed by atoms with Crippen molar-refractivity contribution >= 4 is 26.8 Å². The molecule has 0 bridgehead atoms. The zero-order chi connectivity index (χ0) is 22.6. The number of fused-ring (bicyclic) bond motifs is 5. The van der Waals surface area contributed by atoms with Crippen LogP contribution >= 0.6 is 0 Å². The molecule has 0 spiro atoms. The summed E-state index contributed by atoms with van der Waals surface area (Å²) in [6.45, 7) is 3.64. The van der Waals surface area contributed by atoms with E-state index in [0.717, 1.165) is 5.56 Å². The summed E-state index contributed by atoms with van der Waals surface area (Å²) in [6, 6.07) is 13.2. The van der Waals surface area contributed by atoms with Crippen molar-refractivity contribution in [2.24, 2.45) is 0 Å². The molecule has 1 aliphatic carbocycles. The van der Waals surface area contributed by atoms with Gasteiger partial charge in [0.05, 0.1) is 18.2 Å². The highest BCUT2D eigenvalue weighted by molar-refractivity contribution is 7.87. The van der Waals surface area contributed by atoms with Crippen LogP contribution in [0.15, 0.2) is 59.6 Å². The van der Waals surface area contributed by atoms with Gasteiger partial charge in [-0.3, -0.25) is 9.78 Å². The Kier molecular flexibility index (Phi) is 4.49. The van der Waals surface area contributed by atoms with Gasteiger partial charge in [-0.1, -0.05) is 17.7 Å². The smallest absolute Gasteiger partial charge is 0.340 e. The maximum atomic E-state index is 13.3. The molecule has 0 atom stereocenters. The minimum Gasteiger partial charge on any atom is -0.497 e. The number of ketones is 1. The number of hydrogen-bond acceptors (Lipinski definition) is 7. The Morgan fingerprint density at radius 2 is 1.66 bits per heavy atom. The Balaban J connectivity index is 1.76. The van der Waals surface area contributed by atoms with Gasteiger partial charge in [-0.05, 0) is 44.2 Å². The van der Waals surface area contributed by atoms with Gasteiger partial charge >= 0.3 is 10.1 Å². The van der Waals surface area contributed by atoms with Crippen LogP contribution in [-0.4, -0.2) is 31.3 Å². The molecule has 1 aliphatic rings. The third kappa shape index (κ3) is 3.11. The summed E-state index contributed by atoms with van der Waals surface area (Å²) in [5.74, 6) is -0.0659. The third-order valence-corrected chi connectivity index (χ3v) is 6.67. The third-order valence-electron chi connectivity index (χ3n) is 5.44. The molecule has 160 valence electrons. The minimum atomic E-state index is -4.22. The van der Waals surface area contributed by atoms with Crippen molar-refractivity contribution in [2.45, 2.75) is 18.7 Å². The topological polar surface area (TPSA) is 95.5 Å². The second kappa shape index (κ2) is 7.13. The van der Waals surface area contributed by atoms with Crippen molar-refractivity contribution < 1.29 is 22.1 Å². The van der Waals surface area contributed by atoms with Crippen molar-refractivity contribution in [3.05, 3.63) is 77.1 Å². The summed E-state index contributed by atoms with van der Waals surface area (Å²) >= 11 is 0. The molecule has 0 aliphatic heterocycles.